The van der Waals surface area contributed by atoms with Crippen LogP contribution in [0.5, 0.6) is 0 Å². The second kappa shape index (κ2) is 7.56. The molecule has 3 rings (SSSR count). The van der Waals surface area contributed by atoms with E-state index in [1.165, 1.54) is 11.1 Å². The minimum Gasteiger partial charge on any atom is -0.378 e. The molecule has 0 spiro atoms. The van der Waals surface area contributed by atoms with Crippen LogP contribution in [0.4, 0.5) is 0 Å². The molecule has 25 heavy (non-hydrogen) atoms. The monoisotopic (exact) mass is 344 g/mol. The predicted molar refractivity (Wildman–Crippen MR) is 96.4 cm³/mol. The van der Waals surface area contributed by atoms with Crippen LogP contribution >= 0.6 is 0 Å². The van der Waals surface area contributed by atoms with E-state index >= 15 is 0 Å². The van der Waals surface area contributed by atoms with Gasteiger partial charge in [-0.25, -0.2) is 0 Å². The molecule has 136 valence electrons. The second-order valence-electron chi connectivity index (χ2n) is 7.44. The molecule has 0 unspecified atom stereocenters. The van der Waals surface area contributed by atoms with Crippen LogP contribution in [0.15, 0.2) is 24.3 Å². The van der Waals surface area contributed by atoms with Crippen LogP contribution in [0.1, 0.15) is 50.2 Å². The molecule has 1 saturated carbocycles. The summed E-state index contributed by atoms with van der Waals surface area (Å²) in [6.07, 6.45) is 0.866. The minimum atomic E-state index is -0.477. The quantitative estimate of drug-likeness (QED) is 0.891. The van der Waals surface area contributed by atoms with Gasteiger partial charge in [0, 0.05) is 19.0 Å². The summed E-state index contributed by atoms with van der Waals surface area (Å²) < 4.78 is 5.26. The molecule has 1 aliphatic carbocycles. The third-order valence-corrected chi connectivity index (χ3v) is 5.21. The fraction of sp³-hybridized carbons (Fsp3) is 0.600. The number of ether oxygens (including phenoxy) is 1. The van der Waals surface area contributed by atoms with Crippen LogP contribution in [0.2, 0.25) is 0 Å². The van der Waals surface area contributed by atoms with Crippen molar-refractivity contribution in [2.24, 2.45) is 5.92 Å². The summed E-state index contributed by atoms with van der Waals surface area (Å²) in [5.41, 5.74) is 2.53. The predicted octanol–water partition coefficient (Wildman–Crippen LogP) is 2.28. The van der Waals surface area contributed by atoms with Crippen LogP contribution in [0, 0.1) is 5.92 Å². The fourth-order valence-corrected chi connectivity index (χ4v) is 3.42. The zero-order valence-corrected chi connectivity index (χ0v) is 15.3. The Hall–Kier alpha value is -1.88. The van der Waals surface area contributed by atoms with Gasteiger partial charge in [0.25, 0.3) is 0 Å². The highest BCUT2D eigenvalue weighted by atomic mass is 16.5. The molecule has 0 bridgehead atoms. The summed E-state index contributed by atoms with van der Waals surface area (Å²) in [6.45, 7) is 8.47. The standard InChI is InChI=1S/C20H28N2O3/c1-13(2)15-4-6-16(7-5-15)17-12-18(17)19(23)21-14(3)20(24)22-8-10-25-11-9-22/h4-7,13-14,17-18H,8-12H2,1-3H3,(H,21,23)/t14-,17+,18-/m0/s1. The Kier molecular flexibility index (Phi) is 5.42. The van der Waals surface area contributed by atoms with E-state index in [0.717, 1.165) is 6.42 Å². The lowest BCUT2D eigenvalue weighted by Gasteiger charge is -2.29. The molecule has 1 aliphatic heterocycles. The number of morpholine rings is 1. The molecular weight excluding hydrogens is 316 g/mol. The molecule has 0 radical (unpaired) electrons. The van der Waals surface area contributed by atoms with E-state index in [0.29, 0.717) is 32.2 Å². The molecule has 0 aromatic heterocycles. The summed E-state index contributed by atoms with van der Waals surface area (Å²) in [5, 5.41) is 2.90. The van der Waals surface area contributed by atoms with Gasteiger partial charge in [0.15, 0.2) is 0 Å². The van der Waals surface area contributed by atoms with Gasteiger partial charge in [-0.1, -0.05) is 38.1 Å². The average Bonchev–Trinajstić information content (AvgIpc) is 3.42. The van der Waals surface area contributed by atoms with Gasteiger partial charge in [0.2, 0.25) is 11.8 Å². The lowest BCUT2D eigenvalue weighted by atomic mass is 10.00. The number of nitrogens with one attached hydrogen (secondary N) is 1. The van der Waals surface area contributed by atoms with Gasteiger partial charge >= 0.3 is 0 Å². The van der Waals surface area contributed by atoms with Crippen molar-refractivity contribution in [2.75, 3.05) is 26.3 Å². The molecule has 2 fully saturated rings. The molecule has 3 atom stereocenters. The first-order chi connectivity index (χ1) is 12.0. The highest BCUT2D eigenvalue weighted by Crippen LogP contribution is 2.47. The van der Waals surface area contributed by atoms with Crippen molar-refractivity contribution in [3.05, 3.63) is 35.4 Å². The van der Waals surface area contributed by atoms with Gasteiger partial charge in [-0.15, -0.1) is 0 Å². The summed E-state index contributed by atoms with van der Waals surface area (Å²) in [5.74, 6) is 0.762. The Morgan fingerprint density at radius 1 is 1.12 bits per heavy atom. The normalized spacial score (nSPS) is 24.1. The molecule has 5 nitrogen and oxygen atoms in total. The van der Waals surface area contributed by atoms with E-state index in [4.69, 9.17) is 4.74 Å². The molecule has 1 aromatic rings. The zero-order valence-electron chi connectivity index (χ0n) is 15.3. The maximum absolute atomic E-state index is 12.5. The number of rotatable bonds is 5. The van der Waals surface area contributed by atoms with Crippen molar-refractivity contribution in [2.45, 2.75) is 45.1 Å². The third kappa shape index (κ3) is 4.21. The molecule has 1 aromatic carbocycles. The van der Waals surface area contributed by atoms with Crippen LogP contribution in [0.3, 0.4) is 0 Å². The average molecular weight is 344 g/mol. The van der Waals surface area contributed by atoms with Crippen LogP contribution in [0.25, 0.3) is 0 Å². The summed E-state index contributed by atoms with van der Waals surface area (Å²) in [4.78, 5) is 26.6. The van der Waals surface area contributed by atoms with Crippen molar-refractivity contribution in [3.63, 3.8) is 0 Å². The van der Waals surface area contributed by atoms with E-state index in [-0.39, 0.29) is 23.7 Å². The number of carbonyl (C=O) groups is 2. The molecule has 1 heterocycles. The zero-order chi connectivity index (χ0) is 18.0. The number of benzene rings is 1. The fourth-order valence-electron chi connectivity index (χ4n) is 3.42. The minimum absolute atomic E-state index is 0.00737. The lowest BCUT2D eigenvalue weighted by Crippen LogP contribution is -2.50. The maximum Gasteiger partial charge on any atom is 0.245 e. The Morgan fingerprint density at radius 3 is 2.36 bits per heavy atom. The highest BCUT2D eigenvalue weighted by Gasteiger charge is 2.44. The Bertz CT molecular complexity index is 620. The largest absolute Gasteiger partial charge is 0.378 e. The van der Waals surface area contributed by atoms with Crippen LogP contribution in [-0.2, 0) is 14.3 Å². The van der Waals surface area contributed by atoms with Gasteiger partial charge in [-0.3, -0.25) is 9.59 Å². The third-order valence-electron chi connectivity index (χ3n) is 5.21. The van der Waals surface area contributed by atoms with Crippen LogP contribution in [-0.4, -0.2) is 49.1 Å². The number of hydrogen-bond acceptors (Lipinski definition) is 3. The first-order valence-corrected chi connectivity index (χ1v) is 9.24. The van der Waals surface area contributed by atoms with E-state index < -0.39 is 6.04 Å². The lowest BCUT2D eigenvalue weighted by molar-refractivity contribution is -0.139. The van der Waals surface area contributed by atoms with Crippen LogP contribution < -0.4 is 5.32 Å². The highest BCUT2D eigenvalue weighted by molar-refractivity contribution is 5.90. The summed E-state index contributed by atoms with van der Waals surface area (Å²) >= 11 is 0. The van der Waals surface area contributed by atoms with Gasteiger partial charge < -0.3 is 15.0 Å². The van der Waals surface area contributed by atoms with Gasteiger partial charge in [-0.2, -0.15) is 0 Å². The Labute approximate surface area is 149 Å². The number of hydrogen-bond donors (Lipinski definition) is 1. The van der Waals surface area contributed by atoms with E-state index in [9.17, 15) is 9.59 Å². The van der Waals surface area contributed by atoms with Crippen molar-refractivity contribution >= 4 is 11.8 Å². The molecule has 1 saturated heterocycles. The van der Waals surface area contributed by atoms with Gasteiger partial charge in [-0.05, 0) is 36.3 Å². The molecule has 2 amide bonds. The maximum atomic E-state index is 12.5. The topological polar surface area (TPSA) is 58.6 Å². The van der Waals surface area contributed by atoms with E-state index in [1.54, 1.807) is 11.8 Å². The Balaban J connectivity index is 1.51. The molecular formula is C20H28N2O3. The summed E-state index contributed by atoms with van der Waals surface area (Å²) in [7, 11) is 0. The Morgan fingerprint density at radius 2 is 1.76 bits per heavy atom. The van der Waals surface area contributed by atoms with E-state index in [1.807, 2.05) is 0 Å². The molecule has 2 aliphatic rings. The first kappa shape index (κ1) is 17.9. The molecule has 5 heteroatoms. The summed E-state index contributed by atoms with van der Waals surface area (Å²) in [6, 6.07) is 8.09. The number of amides is 2. The van der Waals surface area contributed by atoms with Gasteiger partial charge in [0.05, 0.1) is 13.2 Å². The first-order valence-electron chi connectivity index (χ1n) is 9.24. The molecule has 1 N–H and O–H groups in total. The van der Waals surface area contributed by atoms with Crippen molar-refractivity contribution in [1.29, 1.82) is 0 Å². The van der Waals surface area contributed by atoms with Crippen molar-refractivity contribution in [1.82, 2.24) is 10.2 Å². The van der Waals surface area contributed by atoms with Crippen molar-refractivity contribution in [3.8, 4) is 0 Å². The smallest absolute Gasteiger partial charge is 0.245 e. The number of nitrogens with zero attached hydrogens (tertiary/aromatic N) is 1. The van der Waals surface area contributed by atoms with E-state index in [2.05, 4.69) is 43.4 Å². The SMILES string of the molecule is CC(C)c1ccc([C@H]2C[C@@H]2C(=O)N[C@@H](C)C(=O)N2CCOCC2)cc1. The second-order valence-corrected chi connectivity index (χ2v) is 7.44. The van der Waals surface area contributed by atoms with Gasteiger partial charge in [0.1, 0.15) is 6.04 Å². The van der Waals surface area contributed by atoms with Crippen molar-refractivity contribution < 1.29 is 14.3 Å². The number of carbonyl (C=O) groups excluding carboxylic acids is 2.